The van der Waals surface area contributed by atoms with Crippen LogP contribution in [0.5, 0.6) is 0 Å². The molecular formula is C13H15BrO2. The summed E-state index contributed by atoms with van der Waals surface area (Å²) in [6, 6.07) is 8.13. The van der Waals surface area contributed by atoms with Crippen LogP contribution in [-0.2, 0) is 16.1 Å². The molecular weight excluding hydrogens is 268 g/mol. The molecule has 1 saturated carbocycles. The van der Waals surface area contributed by atoms with E-state index in [9.17, 15) is 4.79 Å². The Kier molecular flexibility index (Phi) is 4.13. The van der Waals surface area contributed by atoms with Crippen molar-refractivity contribution >= 4 is 21.7 Å². The van der Waals surface area contributed by atoms with Gasteiger partial charge in [0.25, 0.3) is 0 Å². The summed E-state index contributed by atoms with van der Waals surface area (Å²) in [5.74, 6) is 0.377. The Labute approximate surface area is 104 Å². The first kappa shape index (κ1) is 11.8. The molecule has 1 aromatic carbocycles. The predicted molar refractivity (Wildman–Crippen MR) is 66.2 cm³/mol. The molecule has 2 nitrogen and oxygen atoms in total. The molecule has 0 amide bonds. The molecule has 1 aliphatic rings. The van der Waals surface area contributed by atoms with E-state index in [-0.39, 0.29) is 6.10 Å². The maximum absolute atomic E-state index is 11.1. The number of carbonyl (C=O) groups is 1. The number of benzene rings is 1. The minimum Gasteiger partial charge on any atom is -0.374 e. The normalized spacial score (nSPS) is 17.7. The highest BCUT2D eigenvalue weighted by molar-refractivity contribution is 9.10. The number of hydrogen-bond acceptors (Lipinski definition) is 2. The van der Waals surface area contributed by atoms with Crippen LogP contribution in [0.4, 0.5) is 0 Å². The molecule has 0 N–H and O–H groups in total. The standard InChI is InChI=1S/C13H15BrO2/c14-11-3-1-2-10(8-11)9-16-13-6-4-12(15)5-7-13/h1-3,8,13H,4-7,9H2. The Morgan fingerprint density at radius 1 is 1.31 bits per heavy atom. The number of Topliss-reactive ketones (excluding diaryl/α,β-unsaturated/α-hetero) is 1. The molecule has 1 aromatic rings. The van der Waals surface area contributed by atoms with Crippen molar-refractivity contribution in [3.05, 3.63) is 34.3 Å². The fourth-order valence-corrected chi connectivity index (χ4v) is 2.37. The fraction of sp³-hybridized carbons (Fsp3) is 0.462. The van der Waals surface area contributed by atoms with Gasteiger partial charge in [-0.15, -0.1) is 0 Å². The third kappa shape index (κ3) is 3.42. The zero-order chi connectivity index (χ0) is 11.4. The maximum Gasteiger partial charge on any atom is 0.133 e. The van der Waals surface area contributed by atoms with Crippen LogP contribution in [0.3, 0.4) is 0 Å². The Hall–Kier alpha value is -0.670. The minimum absolute atomic E-state index is 0.261. The third-order valence-electron chi connectivity index (χ3n) is 2.87. The molecule has 0 unspecified atom stereocenters. The van der Waals surface area contributed by atoms with E-state index in [1.54, 1.807) is 0 Å². The summed E-state index contributed by atoms with van der Waals surface area (Å²) in [4.78, 5) is 11.1. The molecule has 3 heteroatoms. The lowest BCUT2D eigenvalue weighted by atomic mass is 9.96. The van der Waals surface area contributed by atoms with Gasteiger partial charge in [0.2, 0.25) is 0 Å². The Balaban J connectivity index is 1.81. The second-order valence-electron chi connectivity index (χ2n) is 4.18. The second-order valence-corrected chi connectivity index (χ2v) is 5.09. The zero-order valence-electron chi connectivity index (χ0n) is 9.12. The lowest BCUT2D eigenvalue weighted by Gasteiger charge is -2.21. The number of hydrogen-bond donors (Lipinski definition) is 0. The van der Waals surface area contributed by atoms with Crippen molar-refractivity contribution in [1.82, 2.24) is 0 Å². The quantitative estimate of drug-likeness (QED) is 0.849. The van der Waals surface area contributed by atoms with Gasteiger partial charge in [-0.3, -0.25) is 4.79 Å². The van der Waals surface area contributed by atoms with E-state index in [4.69, 9.17) is 4.74 Å². The van der Waals surface area contributed by atoms with E-state index in [0.29, 0.717) is 25.2 Å². The molecule has 16 heavy (non-hydrogen) atoms. The van der Waals surface area contributed by atoms with Crippen LogP contribution < -0.4 is 0 Å². The van der Waals surface area contributed by atoms with Crippen molar-refractivity contribution in [2.24, 2.45) is 0 Å². The highest BCUT2D eigenvalue weighted by Gasteiger charge is 2.18. The summed E-state index contributed by atoms with van der Waals surface area (Å²) in [6.45, 7) is 0.637. The summed E-state index contributed by atoms with van der Waals surface area (Å²) in [5, 5.41) is 0. The average Bonchev–Trinajstić information content (AvgIpc) is 2.28. The van der Waals surface area contributed by atoms with Crippen LogP contribution in [0.25, 0.3) is 0 Å². The van der Waals surface area contributed by atoms with E-state index in [2.05, 4.69) is 28.1 Å². The number of halogens is 1. The van der Waals surface area contributed by atoms with E-state index >= 15 is 0 Å². The van der Waals surface area contributed by atoms with Gasteiger partial charge >= 0.3 is 0 Å². The highest BCUT2D eigenvalue weighted by Crippen LogP contribution is 2.20. The van der Waals surface area contributed by atoms with Crippen molar-refractivity contribution in [3.8, 4) is 0 Å². The second kappa shape index (κ2) is 5.60. The van der Waals surface area contributed by atoms with Crippen LogP contribution in [0.15, 0.2) is 28.7 Å². The fourth-order valence-electron chi connectivity index (χ4n) is 1.92. The van der Waals surface area contributed by atoms with Gasteiger partial charge in [0.1, 0.15) is 5.78 Å². The van der Waals surface area contributed by atoms with Crippen LogP contribution in [0.1, 0.15) is 31.2 Å². The van der Waals surface area contributed by atoms with Gasteiger partial charge in [-0.05, 0) is 30.5 Å². The molecule has 0 saturated heterocycles. The SMILES string of the molecule is O=C1CCC(OCc2cccc(Br)c2)CC1. The van der Waals surface area contributed by atoms with E-state index in [1.165, 1.54) is 5.56 Å². The summed E-state index contributed by atoms with van der Waals surface area (Å²) in [5.41, 5.74) is 1.17. The third-order valence-corrected chi connectivity index (χ3v) is 3.36. The minimum atomic E-state index is 0.261. The van der Waals surface area contributed by atoms with Gasteiger partial charge in [-0.2, -0.15) is 0 Å². The summed E-state index contributed by atoms with van der Waals surface area (Å²) in [7, 11) is 0. The summed E-state index contributed by atoms with van der Waals surface area (Å²) >= 11 is 3.44. The topological polar surface area (TPSA) is 26.3 Å². The molecule has 0 spiro atoms. The molecule has 1 aliphatic carbocycles. The first-order valence-electron chi connectivity index (χ1n) is 5.62. The van der Waals surface area contributed by atoms with Gasteiger partial charge in [0.05, 0.1) is 12.7 Å². The summed E-state index contributed by atoms with van der Waals surface area (Å²) < 4.78 is 6.88. The molecule has 0 heterocycles. The van der Waals surface area contributed by atoms with Gasteiger partial charge in [0, 0.05) is 17.3 Å². The van der Waals surface area contributed by atoms with Crippen molar-refractivity contribution < 1.29 is 9.53 Å². The monoisotopic (exact) mass is 282 g/mol. The number of rotatable bonds is 3. The van der Waals surface area contributed by atoms with Gasteiger partial charge in [0.15, 0.2) is 0 Å². The number of ether oxygens (including phenoxy) is 1. The maximum atomic E-state index is 11.1. The molecule has 2 rings (SSSR count). The smallest absolute Gasteiger partial charge is 0.133 e. The van der Waals surface area contributed by atoms with E-state index in [1.807, 2.05) is 12.1 Å². The first-order valence-corrected chi connectivity index (χ1v) is 6.41. The first-order chi connectivity index (χ1) is 7.74. The highest BCUT2D eigenvalue weighted by atomic mass is 79.9. The molecule has 0 atom stereocenters. The van der Waals surface area contributed by atoms with Crippen LogP contribution in [0.2, 0.25) is 0 Å². The number of ketones is 1. The van der Waals surface area contributed by atoms with E-state index in [0.717, 1.165) is 17.3 Å². The van der Waals surface area contributed by atoms with Gasteiger partial charge in [-0.25, -0.2) is 0 Å². The van der Waals surface area contributed by atoms with Gasteiger partial charge in [-0.1, -0.05) is 28.1 Å². The Morgan fingerprint density at radius 3 is 2.75 bits per heavy atom. The lowest BCUT2D eigenvalue weighted by Crippen LogP contribution is -2.21. The number of carbonyl (C=O) groups excluding carboxylic acids is 1. The van der Waals surface area contributed by atoms with Crippen LogP contribution in [-0.4, -0.2) is 11.9 Å². The Morgan fingerprint density at radius 2 is 2.06 bits per heavy atom. The van der Waals surface area contributed by atoms with Crippen molar-refractivity contribution in [3.63, 3.8) is 0 Å². The predicted octanol–water partition coefficient (Wildman–Crippen LogP) is 3.48. The molecule has 0 radical (unpaired) electrons. The average molecular weight is 283 g/mol. The zero-order valence-corrected chi connectivity index (χ0v) is 10.7. The van der Waals surface area contributed by atoms with Crippen molar-refractivity contribution in [1.29, 1.82) is 0 Å². The van der Waals surface area contributed by atoms with Crippen molar-refractivity contribution in [2.75, 3.05) is 0 Å². The van der Waals surface area contributed by atoms with Crippen molar-refractivity contribution in [2.45, 2.75) is 38.4 Å². The molecule has 86 valence electrons. The van der Waals surface area contributed by atoms with E-state index < -0.39 is 0 Å². The largest absolute Gasteiger partial charge is 0.374 e. The molecule has 0 bridgehead atoms. The molecule has 0 aliphatic heterocycles. The molecule has 0 aromatic heterocycles. The van der Waals surface area contributed by atoms with Crippen LogP contribution >= 0.6 is 15.9 Å². The summed E-state index contributed by atoms with van der Waals surface area (Å²) in [6.07, 6.45) is 3.39. The lowest BCUT2D eigenvalue weighted by molar-refractivity contribution is -0.123. The van der Waals surface area contributed by atoms with Gasteiger partial charge < -0.3 is 4.74 Å². The molecule has 1 fully saturated rings. The Bertz CT molecular complexity index is 366. The van der Waals surface area contributed by atoms with Crippen LogP contribution in [0, 0.1) is 0 Å².